The minimum Gasteiger partial charge on any atom is -0.466 e. The summed E-state index contributed by atoms with van der Waals surface area (Å²) in [6, 6.07) is 3.67. The highest BCUT2D eigenvalue weighted by Gasteiger charge is 2.13. The maximum Gasteiger partial charge on any atom is 0.196 e. The van der Waals surface area contributed by atoms with Crippen LogP contribution in [0.4, 0.5) is 18.9 Å². The summed E-state index contributed by atoms with van der Waals surface area (Å²) < 4.78 is 44.6. The molecule has 0 saturated heterocycles. The summed E-state index contributed by atoms with van der Waals surface area (Å²) in [5, 5.41) is 2.62. The van der Waals surface area contributed by atoms with Gasteiger partial charge in [-0.05, 0) is 34.1 Å². The number of furan rings is 1. The molecule has 0 unspecified atom stereocenters. The van der Waals surface area contributed by atoms with Crippen molar-refractivity contribution < 1.29 is 17.6 Å². The second-order valence-electron chi connectivity index (χ2n) is 3.27. The van der Waals surface area contributed by atoms with Crippen LogP contribution in [0.25, 0.3) is 0 Å². The Morgan fingerprint density at radius 3 is 2.53 bits per heavy atom. The molecule has 0 aliphatic carbocycles. The average molecular weight is 306 g/mol. The molecule has 0 fully saturated rings. The van der Waals surface area contributed by atoms with Crippen LogP contribution < -0.4 is 5.32 Å². The Morgan fingerprint density at radius 1 is 1.12 bits per heavy atom. The monoisotopic (exact) mass is 305 g/mol. The summed E-state index contributed by atoms with van der Waals surface area (Å²) in [7, 11) is 0. The van der Waals surface area contributed by atoms with Crippen LogP contribution >= 0.6 is 15.9 Å². The number of hydrogen-bond acceptors (Lipinski definition) is 2. The molecule has 1 heterocycles. The first kappa shape index (κ1) is 12.0. The first-order valence-electron chi connectivity index (χ1n) is 4.69. The third kappa shape index (κ3) is 2.46. The predicted octanol–water partition coefficient (Wildman–Crippen LogP) is 4.07. The van der Waals surface area contributed by atoms with Gasteiger partial charge in [0, 0.05) is 0 Å². The summed E-state index contributed by atoms with van der Waals surface area (Å²) in [5.74, 6) is -3.41. The molecule has 1 aromatic carbocycles. The van der Waals surface area contributed by atoms with E-state index in [4.69, 9.17) is 4.42 Å². The molecule has 0 atom stereocenters. The molecule has 90 valence electrons. The summed E-state index contributed by atoms with van der Waals surface area (Å²) in [6.45, 7) is 0.162. The smallest absolute Gasteiger partial charge is 0.196 e. The van der Waals surface area contributed by atoms with Crippen molar-refractivity contribution in [3.63, 3.8) is 0 Å². The number of benzene rings is 1. The Morgan fingerprint density at radius 2 is 1.88 bits per heavy atom. The molecule has 1 N–H and O–H groups in total. The predicted molar refractivity (Wildman–Crippen MR) is 60.1 cm³/mol. The van der Waals surface area contributed by atoms with Gasteiger partial charge in [-0.2, -0.15) is 0 Å². The van der Waals surface area contributed by atoms with E-state index in [0.717, 1.165) is 12.1 Å². The summed E-state index contributed by atoms with van der Waals surface area (Å²) in [6.07, 6.45) is 1.46. The van der Waals surface area contributed by atoms with Crippen LogP contribution in [0.1, 0.15) is 5.76 Å². The van der Waals surface area contributed by atoms with E-state index in [1.54, 1.807) is 6.07 Å². The standard InChI is InChI=1S/C11H7BrF3NO/c12-6-3-4-17-9(6)5-16-8-2-1-7(13)10(14)11(8)15/h1-4,16H,5H2. The maximum absolute atomic E-state index is 13.3. The second-order valence-corrected chi connectivity index (χ2v) is 4.12. The Kier molecular flexibility index (Phi) is 3.42. The number of anilines is 1. The zero-order valence-electron chi connectivity index (χ0n) is 8.44. The van der Waals surface area contributed by atoms with Gasteiger partial charge in [0.15, 0.2) is 17.5 Å². The molecule has 2 aromatic rings. The molecule has 0 bridgehead atoms. The normalized spacial score (nSPS) is 10.6. The Labute approximate surface area is 104 Å². The van der Waals surface area contributed by atoms with E-state index in [1.807, 2.05) is 0 Å². The number of rotatable bonds is 3. The molecule has 6 heteroatoms. The lowest BCUT2D eigenvalue weighted by molar-refractivity contribution is 0.448. The van der Waals surface area contributed by atoms with Gasteiger partial charge in [-0.25, -0.2) is 13.2 Å². The van der Waals surface area contributed by atoms with Crippen LogP contribution in [-0.4, -0.2) is 0 Å². The van der Waals surface area contributed by atoms with Crippen molar-refractivity contribution in [3.8, 4) is 0 Å². The van der Waals surface area contributed by atoms with Gasteiger partial charge >= 0.3 is 0 Å². The van der Waals surface area contributed by atoms with Crippen LogP contribution in [0.2, 0.25) is 0 Å². The minimum atomic E-state index is -1.49. The molecule has 0 aliphatic rings. The van der Waals surface area contributed by atoms with E-state index in [-0.39, 0.29) is 12.2 Å². The SMILES string of the molecule is Fc1ccc(NCc2occc2Br)c(F)c1F. The fourth-order valence-electron chi connectivity index (χ4n) is 1.29. The Balaban J connectivity index is 2.15. The van der Waals surface area contributed by atoms with Crippen molar-refractivity contribution >= 4 is 21.6 Å². The van der Waals surface area contributed by atoms with Gasteiger partial charge in [0.1, 0.15) is 5.76 Å². The first-order chi connectivity index (χ1) is 8.09. The van der Waals surface area contributed by atoms with Gasteiger partial charge in [-0.3, -0.25) is 0 Å². The van der Waals surface area contributed by atoms with Gasteiger partial charge in [0.05, 0.1) is 23.0 Å². The van der Waals surface area contributed by atoms with Gasteiger partial charge in [-0.15, -0.1) is 0 Å². The summed E-state index contributed by atoms with van der Waals surface area (Å²) in [5.41, 5.74) is -0.118. The lowest BCUT2D eigenvalue weighted by Crippen LogP contribution is -2.03. The van der Waals surface area contributed by atoms with Gasteiger partial charge in [0.25, 0.3) is 0 Å². The van der Waals surface area contributed by atoms with Crippen molar-refractivity contribution in [3.05, 3.63) is 52.1 Å². The van der Waals surface area contributed by atoms with E-state index in [0.29, 0.717) is 10.2 Å². The third-order valence-corrected chi connectivity index (χ3v) is 2.87. The van der Waals surface area contributed by atoms with Gasteiger partial charge < -0.3 is 9.73 Å². The molecule has 17 heavy (non-hydrogen) atoms. The lowest BCUT2D eigenvalue weighted by atomic mass is 10.2. The highest BCUT2D eigenvalue weighted by molar-refractivity contribution is 9.10. The molecular weight excluding hydrogens is 299 g/mol. The van der Waals surface area contributed by atoms with Gasteiger partial charge in [-0.1, -0.05) is 0 Å². The zero-order valence-corrected chi connectivity index (χ0v) is 10.0. The highest BCUT2D eigenvalue weighted by atomic mass is 79.9. The van der Waals surface area contributed by atoms with Crippen molar-refractivity contribution in [1.29, 1.82) is 0 Å². The largest absolute Gasteiger partial charge is 0.466 e. The molecule has 0 aliphatic heterocycles. The zero-order chi connectivity index (χ0) is 12.4. The maximum atomic E-state index is 13.3. The molecule has 0 amide bonds. The third-order valence-electron chi connectivity index (χ3n) is 2.17. The van der Waals surface area contributed by atoms with E-state index in [1.165, 1.54) is 6.26 Å². The fraction of sp³-hybridized carbons (Fsp3) is 0.0909. The second kappa shape index (κ2) is 4.83. The first-order valence-corrected chi connectivity index (χ1v) is 5.48. The van der Waals surface area contributed by atoms with E-state index < -0.39 is 17.5 Å². The van der Waals surface area contributed by atoms with Crippen LogP contribution in [0.3, 0.4) is 0 Å². The minimum absolute atomic E-state index is 0.118. The van der Waals surface area contributed by atoms with Crippen molar-refractivity contribution in [1.82, 2.24) is 0 Å². The quantitative estimate of drug-likeness (QED) is 0.865. The van der Waals surface area contributed by atoms with Crippen molar-refractivity contribution in [2.75, 3.05) is 5.32 Å². The van der Waals surface area contributed by atoms with Crippen LogP contribution in [0.15, 0.2) is 33.4 Å². The average Bonchev–Trinajstić information content (AvgIpc) is 2.71. The van der Waals surface area contributed by atoms with Crippen LogP contribution in [-0.2, 0) is 6.54 Å². The molecule has 2 rings (SSSR count). The topological polar surface area (TPSA) is 25.2 Å². The summed E-state index contributed by atoms with van der Waals surface area (Å²) in [4.78, 5) is 0. The molecule has 1 aromatic heterocycles. The van der Waals surface area contributed by atoms with E-state index in [2.05, 4.69) is 21.2 Å². The summed E-state index contributed by atoms with van der Waals surface area (Å²) >= 11 is 3.22. The molecule has 0 radical (unpaired) electrons. The lowest BCUT2D eigenvalue weighted by Gasteiger charge is -2.07. The highest BCUT2D eigenvalue weighted by Crippen LogP contribution is 2.22. The number of halogens is 4. The van der Waals surface area contributed by atoms with E-state index >= 15 is 0 Å². The van der Waals surface area contributed by atoms with Crippen molar-refractivity contribution in [2.45, 2.75) is 6.54 Å². The Hall–Kier alpha value is -1.43. The van der Waals surface area contributed by atoms with Crippen molar-refractivity contribution in [2.24, 2.45) is 0 Å². The molecule has 2 nitrogen and oxygen atoms in total. The molecule has 0 saturated carbocycles. The van der Waals surface area contributed by atoms with Crippen LogP contribution in [0.5, 0.6) is 0 Å². The van der Waals surface area contributed by atoms with Gasteiger partial charge in [0.2, 0.25) is 0 Å². The number of nitrogens with one attached hydrogen (secondary N) is 1. The fourth-order valence-corrected chi connectivity index (χ4v) is 1.63. The molecular formula is C11H7BrF3NO. The van der Waals surface area contributed by atoms with Crippen LogP contribution in [0, 0.1) is 17.5 Å². The molecule has 0 spiro atoms. The van der Waals surface area contributed by atoms with E-state index in [9.17, 15) is 13.2 Å². The Bertz CT molecular complexity index is 542. The number of hydrogen-bond donors (Lipinski definition) is 1.